The first kappa shape index (κ1) is 14.2. The van der Waals surface area contributed by atoms with Crippen LogP contribution >= 0.6 is 34.0 Å². The number of nitrogens with one attached hydrogen (secondary N) is 1. The van der Waals surface area contributed by atoms with E-state index in [0.717, 1.165) is 15.0 Å². The molecule has 4 nitrogen and oxygen atoms in total. The second-order valence-electron chi connectivity index (χ2n) is 4.33. The molecule has 0 bridgehead atoms. The van der Waals surface area contributed by atoms with Gasteiger partial charge in [0.1, 0.15) is 4.88 Å². The highest BCUT2D eigenvalue weighted by Gasteiger charge is 2.20. The molecule has 1 amide bonds. The number of carbonyl (C=O) groups is 2. The Hall–Kier alpha value is -1.70. The van der Waals surface area contributed by atoms with E-state index in [1.54, 1.807) is 11.3 Å². The number of fused-ring (bicyclic) bond motifs is 1. The summed E-state index contributed by atoms with van der Waals surface area (Å²) in [6.07, 6.45) is 0. The van der Waals surface area contributed by atoms with Gasteiger partial charge in [-0.05, 0) is 35.4 Å². The number of thiophene rings is 3. The lowest BCUT2D eigenvalue weighted by molar-refractivity contribution is 0.0607. The minimum atomic E-state index is -0.435. The summed E-state index contributed by atoms with van der Waals surface area (Å²) in [5.41, 5.74) is 1.39. The van der Waals surface area contributed by atoms with Crippen LogP contribution in [-0.2, 0) is 4.74 Å². The average molecular weight is 337 g/mol. The van der Waals surface area contributed by atoms with Gasteiger partial charge in [0.15, 0.2) is 0 Å². The van der Waals surface area contributed by atoms with E-state index < -0.39 is 5.97 Å². The van der Waals surface area contributed by atoms with Crippen LogP contribution in [0.5, 0.6) is 0 Å². The number of aryl methyl sites for hydroxylation is 1. The van der Waals surface area contributed by atoms with Crippen molar-refractivity contribution in [1.29, 1.82) is 0 Å². The van der Waals surface area contributed by atoms with Crippen molar-refractivity contribution < 1.29 is 14.3 Å². The highest BCUT2D eigenvalue weighted by Crippen LogP contribution is 2.32. The molecule has 7 heteroatoms. The van der Waals surface area contributed by atoms with E-state index in [4.69, 9.17) is 4.74 Å². The molecule has 3 aromatic heterocycles. The van der Waals surface area contributed by atoms with E-state index in [2.05, 4.69) is 5.32 Å². The van der Waals surface area contributed by atoms with Gasteiger partial charge in [-0.25, -0.2) is 4.79 Å². The lowest BCUT2D eigenvalue weighted by Crippen LogP contribution is -2.13. The lowest BCUT2D eigenvalue weighted by atomic mass is 10.2. The number of hydrogen-bond acceptors (Lipinski definition) is 6. The quantitative estimate of drug-likeness (QED) is 0.722. The smallest absolute Gasteiger partial charge is 0.350 e. The molecule has 3 heterocycles. The fourth-order valence-electron chi connectivity index (χ4n) is 1.90. The molecule has 108 valence electrons. The summed E-state index contributed by atoms with van der Waals surface area (Å²) in [5.74, 6) is -0.634. The van der Waals surface area contributed by atoms with Crippen molar-refractivity contribution in [3.05, 3.63) is 38.2 Å². The van der Waals surface area contributed by atoms with Gasteiger partial charge < -0.3 is 10.1 Å². The van der Waals surface area contributed by atoms with E-state index in [1.165, 1.54) is 29.8 Å². The van der Waals surface area contributed by atoms with Gasteiger partial charge in [0.05, 0.1) is 17.7 Å². The molecule has 0 atom stereocenters. The summed E-state index contributed by atoms with van der Waals surface area (Å²) in [4.78, 5) is 25.1. The van der Waals surface area contributed by atoms with E-state index in [-0.39, 0.29) is 5.91 Å². The van der Waals surface area contributed by atoms with Crippen LogP contribution in [0, 0.1) is 6.92 Å². The maximum absolute atomic E-state index is 12.4. The van der Waals surface area contributed by atoms with Crippen LogP contribution in [0.4, 0.5) is 5.69 Å². The molecule has 0 fully saturated rings. The van der Waals surface area contributed by atoms with Gasteiger partial charge in [0, 0.05) is 9.40 Å². The number of anilines is 1. The van der Waals surface area contributed by atoms with Crippen molar-refractivity contribution in [3.63, 3.8) is 0 Å². The monoisotopic (exact) mass is 337 g/mol. The summed E-state index contributed by atoms with van der Waals surface area (Å²) in [7, 11) is 1.33. The molecular weight excluding hydrogens is 326 g/mol. The van der Waals surface area contributed by atoms with Crippen molar-refractivity contribution in [2.45, 2.75) is 6.92 Å². The Morgan fingerprint density at radius 2 is 2.05 bits per heavy atom. The molecule has 0 aromatic carbocycles. The number of amides is 1. The third kappa shape index (κ3) is 2.59. The summed E-state index contributed by atoms with van der Waals surface area (Å²) < 4.78 is 6.93. The molecule has 0 saturated carbocycles. The van der Waals surface area contributed by atoms with E-state index in [9.17, 15) is 9.59 Å². The standard InChI is InChI=1S/C14H11NO3S3/c1-7-6-20-12(14(17)18-2)11(7)15-13(16)10-5-9-8(21-10)3-4-19-9/h3-6H,1-2H3,(H,15,16). The van der Waals surface area contributed by atoms with Crippen molar-refractivity contribution in [2.24, 2.45) is 0 Å². The summed E-state index contributed by atoms with van der Waals surface area (Å²) in [6.45, 7) is 1.85. The topological polar surface area (TPSA) is 55.4 Å². The fraction of sp³-hybridized carbons (Fsp3) is 0.143. The Labute approximate surface area is 133 Å². The zero-order valence-electron chi connectivity index (χ0n) is 11.3. The third-order valence-electron chi connectivity index (χ3n) is 2.95. The van der Waals surface area contributed by atoms with Gasteiger partial charge in [-0.1, -0.05) is 0 Å². The van der Waals surface area contributed by atoms with Crippen molar-refractivity contribution >= 4 is 61.0 Å². The molecule has 0 radical (unpaired) electrons. The SMILES string of the molecule is COC(=O)c1scc(C)c1NC(=O)c1cc2sccc2s1. The zero-order valence-corrected chi connectivity index (χ0v) is 13.7. The molecule has 21 heavy (non-hydrogen) atoms. The molecule has 1 N–H and O–H groups in total. The van der Waals surface area contributed by atoms with Gasteiger partial charge >= 0.3 is 5.97 Å². The molecule has 0 spiro atoms. The number of rotatable bonds is 3. The van der Waals surface area contributed by atoms with Gasteiger partial charge in [0.2, 0.25) is 0 Å². The highest BCUT2D eigenvalue weighted by atomic mass is 32.1. The predicted octanol–water partition coefficient (Wildman–Crippen LogP) is 4.37. The van der Waals surface area contributed by atoms with Crippen LogP contribution in [-0.4, -0.2) is 19.0 Å². The van der Waals surface area contributed by atoms with Crippen LogP contribution in [0.1, 0.15) is 24.9 Å². The van der Waals surface area contributed by atoms with Gasteiger partial charge in [-0.15, -0.1) is 34.0 Å². The van der Waals surface area contributed by atoms with Crippen LogP contribution in [0.15, 0.2) is 22.9 Å². The highest BCUT2D eigenvalue weighted by molar-refractivity contribution is 7.28. The Morgan fingerprint density at radius 1 is 1.24 bits per heavy atom. The molecule has 0 saturated heterocycles. The minimum absolute atomic E-state index is 0.199. The summed E-state index contributed by atoms with van der Waals surface area (Å²) in [6, 6.07) is 3.87. The maximum Gasteiger partial charge on any atom is 0.350 e. The number of carbonyl (C=O) groups excluding carboxylic acids is 2. The molecule has 3 rings (SSSR count). The van der Waals surface area contributed by atoms with E-state index >= 15 is 0 Å². The summed E-state index contributed by atoms with van der Waals surface area (Å²) in [5, 5.41) is 6.66. The minimum Gasteiger partial charge on any atom is -0.465 e. The van der Waals surface area contributed by atoms with Crippen LogP contribution in [0.3, 0.4) is 0 Å². The molecule has 0 aliphatic rings. The number of ether oxygens (including phenoxy) is 1. The molecular formula is C14H11NO3S3. The summed E-state index contributed by atoms with van der Waals surface area (Å²) >= 11 is 4.32. The second kappa shape index (κ2) is 5.59. The van der Waals surface area contributed by atoms with Crippen molar-refractivity contribution in [3.8, 4) is 0 Å². The first-order chi connectivity index (χ1) is 10.1. The molecule has 0 aliphatic heterocycles. The van der Waals surface area contributed by atoms with Crippen LogP contribution in [0.2, 0.25) is 0 Å². The maximum atomic E-state index is 12.4. The van der Waals surface area contributed by atoms with Gasteiger partial charge in [-0.2, -0.15) is 0 Å². The van der Waals surface area contributed by atoms with E-state index in [0.29, 0.717) is 15.4 Å². The average Bonchev–Trinajstić information content (AvgIpc) is 3.13. The van der Waals surface area contributed by atoms with Crippen LogP contribution in [0.25, 0.3) is 9.40 Å². The molecule has 0 aliphatic carbocycles. The Kier molecular flexibility index (Phi) is 3.79. The second-order valence-corrected chi connectivity index (χ2v) is 7.24. The van der Waals surface area contributed by atoms with Gasteiger partial charge in [0.25, 0.3) is 5.91 Å². The largest absolute Gasteiger partial charge is 0.465 e. The normalized spacial score (nSPS) is 10.8. The van der Waals surface area contributed by atoms with Crippen molar-refractivity contribution in [1.82, 2.24) is 0 Å². The fourth-order valence-corrected chi connectivity index (χ4v) is 4.82. The Morgan fingerprint density at radius 3 is 2.76 bits per heavy atom. The Bertz CT molecular complexity index is 799. The van der Waals surface area contributed by atoms with Crippen molar-refractivity contribution in [2.75, 3.05) is 12.4 Å². The third-order valence-corrected chi connectivity index (χ3v) is 6.12. The number of esters is 1. The Balaban J connectivity index is 1.89. The molecule has 3 aromatic rings. The van der Waals surface area contributed by atoms with Gasteiger partial charge in [-0.3, -0.25) is 4.79 Å². The number of hydrogen-bond donors (Lipinski definition) is 1. The first-order valence-corrected chi connectivity index (χ1v) is 8.62. The molecule has 0 unspecified atom stereocenters. The number of methoxy groups -OCH3 is 1. The predicted molar refractivity (Wildman–Crippen MR) is 88.1 cm³/mol. The lowest BCUT2D eigenvalue weighted by Gasteiger charge is -2.05. The van der Waals surface area contributed by atoms with E-state index in [1.807, 2.05) is 29.8 Å². The van der Waals surface area contributed by atoms with Crippen LogP contribution < -0.4 is 5.32 Å². The first-order valence-electron chi connectivity index (χ1n) is 6.05. The zero-order chi connectivity index (χ0) is 15.0.